The molecule has 4 N–H and O–H groups in total. The normalized spacial score (nSPS) is 15.0. The number of nitro groups is 2. The number of nitrogens with zero attached hydrogens (tertiary/aromatic N) is 8. The smallest absolute Gasteiger partial charge is 0.475 e. The highest BCUT2D eigenvalue weighted by Crippen LogP contribution is 2.40. The number of aromatic nitrogens is 2. The topological polar surface area (TPSA) is 285 Å². The van der Waals surface area contributed by atoms with Gasteiger partial charge in [-0.2, -0.15) is 9.97 Å². The number of methoxy groups -OCH3 is 2. The average Bonchev–Trinajstić information content (AvgIpc) is 1.09. The van der Waals surface area contributed by atoms with Crippen LogP contribution in [0.2, 0.25) is 0 Å². The van der Waals surface area contributed by atoms with Crippen LogP contribution in [0.25, 0.3) is 11.1 Å². The van der Waals surface area contributed by atoms with Crippen molar-refractivity contribution in [2.75, 3.05) is 101 Å². The van der Waals surface area contributed by atoms with E-state index in [-0.39, 0.29) is 106 Å². The summed E-state index contributed by atoms with van der Waals surface area (Å²) in [7, 11) is 2.77. The van der Waals surface area contributed by atoms with Gasteiger partial charge in [0.05, 0.1) is 60.6 Å². The highest BCUT2D eigenvalue weighted by atomic mass is 127. The Morgan fingerprint density at radius 3 is 1.44 bits per heavy atom. The number of carbonyl (C=O) groups excluding carboxylic acids is 2. The molecular weight excluding hydrogens is 1270 g/mol. The number of nitrogens with two attached hydrogens (primary N) is 2. The maximum Gasteiger partial charge on any atom is 0.494 e. The summed E-state index contributed by atoms with van der Waals surface area (Å²) in [6.45, 7) is 19.5. The van der Waals surface area contributed by atoms with Gasteiger partial charge in [0.25, 0.3) is 0 Å². The number of hydrogen-bond donors (Lipinski definition) is 2. The number of likely N-dealkylation sites (tertiary alicyclic amines) is 2. The minimum Gasteiger partial charge on any atom is -0.475 e. The Balaban J connectivity index is 0.000000202. The fourth-order valence-corrected chi connectivity index (χ4v) is 10.5. The molecule has 2 amide bonds. The summed E-state index contributed by atoms with van der Waals surface area (Å²) in [4.78, 5) is 63.1. The van der Waals surface area contributed by atoms with E-state index in [9.17, 15) is 29.8 Å². The van der Waals surface area contributed by atoms with E-state index in [1.165, 1.54) is 81.2 Å². The summed E-state index contributed by atoms with van der Waals surface area (Å²) in [6, 6.07) is 34.9. The lowest BCUT2D eigenvalue weighted by atomic mass is 9.78. The van der Waals surface area contributed by atoms with E-state index in [4.69, 9.17) is 49.2 Å². The second kappa shape index (κ2) is 33.4. The van der Waals surface area contributed by atoms with Crippen molar-refractivity contribution in [2.24, 2.45) is 0 Å². The first-order chi connectivity index (χ1) is 43.1. The van der Waals surface area contributed by atoms with Gasteiger partial charge < -0.3 is 49.2 Å². The van der Waals surface area contributed by atoms with Gasteiger partial charge in [0.15, 0.2) is 0 Å². The highest BCUT2D eigenvalue weighted by molar-refractivity contribution is 14.1. The number of nitrogen functional groups attached to an aromatic ring is 2. The minimum absolute atomic E-state index is 0.00984. The SMILES string of the molecule is CC1(C)OB(c2cccc(CN3CCCC3)c2)OC1(C)C.CCOC(=O)N(Cc1ccc(-c2cccc(CN3CCCC3)c2)cc1)c1cc(OCCOC)nc(N)c1[N+](=O)[O-].CCOC(=O)N(Cc1ccc(I)cc1)c1cc(OCCOC)nc(N)c1[N+](=O)[O-]. The van der Waals surface area contributed by atoms with E-state index in [0.717, 1.165) is 62.4 Å². The molecule has 3 aliphatic rings. The molecule has 2 aromatic heterocycles. The summed E-state index contributed by atoms with van der Waals surface area (Å²) < 4.78 is 44.5. The van der Waals surface area contributed by atoms with E-state index in [0.29, 0.717) is 0 Å². The van der Waals surface area contributed by atoms with Gasteiger partial charge >= 0.3 is 30.7 Å². The Morgan fingerprint density at radius 1 is 0.600 bits per heavy atom. The molecule has 24 nitrogen and oxygen atoms in total. The number of amides is 2. The molecule has 26 heteroatoms. The Hall–Kier alpha value is -7.73. The third-order valence-electron chi connectivity index (χ3n) is 15.4. The summed E-state index contributed by atoms with van der Waals surface area (Å²) in [5.41, 5.74) is 17.4. The molecule has 5 heterocycles. The van der Waals surface area contributed by atoms with E-state index in [2.05, 4.69) is 119 Å². The van der Waals surface area contributed by atoms with Gasteiger partial charge in [0, 0.05) is 43.0 Å². The molecule has 3 fully saturated rings. The Labute approximate surface area is 540 Å². The Kier molecular flexibility index (Phi) is 25.9. The summed E-state index contributed by atoms with van der Waals surface area (Å²) >= 11 is 2.16. The zero-order valence-electron chi connectivity index (χ0n) is 52.5. The number of carbonyl (C=O) groups is 2. The van der Waals surface area contributed by atoms with Crippen molar-refractivity contribution in [3.05, 3.63) is 155 Å². The van der Waals surface area contributed by atoms with Crippen LogP contribution in [-0.4, -0.2) is 140 Å². The van der Waals surface area contributed by atoms with Crippen LogP contribution in [0.1, 0.15) is 89.5 Å². The van der Waals surface area contributed by atoms with Crippen molar-refractivity contribution in [3.8, 4) is 22.9 Å². The van der Waals surface area contributed by atoms with Crippen LogP contribution in [0.4, 0.5) is 44.0 Å². The monoisotopic (exact) mass is 1350 g/mol. The molecule has 90 heavy (non-hydrogen) atoms. The molecule has 4 aromatic carbocycles. The number of ether oxygens (including phenoxy) is 6. The minimum atomic E-state index is -0.752. The molecule has 6 aromatic rings. The van der Waals surface area contributed by atoms with Gasteiger partial charge in [-0.25, -0.2) is 9.59 Å². The predicted octanol–water partition coefficient (Wildman–Crippen LogP) is 11.0. The molecule has 0 unspecified atom stereocenters. The molecule has 0 saturated carbocycles. The van der Waals surface area contributed by atoms with Gasteiger partial charge in [-0.1, -0.05) is 78.9 Å². The van der Waals surface area contributed by atoms with Crippen LogP contribution in [0, 0.1) is 23.8 Å². The van der Waals surface area contributed by atoms with Crippen molar-refractivity contribution < 1.29 is 57.2 Å². The van der Waals surface area contributed by atoms with Crippen LogP contribution in [-0.2, 0) is 54.4 Å². The summed E-state index contributed by atoms with van der Waals surface area (Å²) in [6.07, 6.45) is 3.66. The fraction of sp³-hybridized carbons (Fsp3) is 0.438. The second-order valence-electron chi connectivity index (χ2n) is 22.5. The molecule has 0 atom stereocenters. The van der Waals surface area contributed by atoms with Crippen molar-refractivity contribution in [2.45, 2.75) is 105 Å². The van der Waals surface area contributed by atoms with Crippen LogP contribution in [0.5, 0.6) is 11.8 Å². The molecule has 3 saturated heterocycles. The number of anilines is 4. The van der Waals surface area contributed by atoms with Crippen molar-refractivity contribution in [3.63, 3.8) is 0 Å². The Bertz CT molecular complexity index is 3340. The number of hydrogen-bond acceptors (Lipinski definition) is 20. The van der Waals surface area contributed by atoms with Gasteiger partial charge in [0.2, 0.25) is 23.4 Å². The fourth-order valence-electron chi connectivity index (χ4n) is 10.2. The maximum atomic E-state index is 13.0. The summed E-state index contributed by atoms with van der Waals surface area (Å²) in [5, 5.41) is 23.6. The van der Waals surface area contributed by atoms with Gasteiger partial charge in [-0.05, 0) is 173 Å². The quantitative estimate of drug-likeness (QED) is 0.0187. The van der Waals surface area contributed by atoms with Gasteiger partial charge in [-0.3, -0.25) is 39.8 Å². The average molecular weight is 1350 g/mol. The van der Waals surface area contributed by atoms with Crippen molar-refractivity contribution in [1.82, 2.24) is 19.8 Å². The highest BCUT2D eigenvalue weighted by Gasteiger charge is 2.51. The lowest BCUT2D eigenvalue weighted by Crippen LogP contribution is -2.41. The summed E-state index contributed by atoms with van der Waals surface area (Å²) in [5.74, 6) is -0.657. The van der Waals surface area contributed by atoms with Crippen LogP contribution < -0.4 is 36.2 Å². The van der Waals surface area contributed by atoms with Crippen LogP contribution >= 0.6 is 22.6 Å². The standard InChI is InChI=1S/C29H35N5O6.C18H21IN4O6.C17H26BNO2/c1-3-39-29(35)33(25-18-26(40-16-15-38-2)31-28(30)27(25)34(36)37)20-21-9-11-23(12-10-21)24-8-6-7-22(17-24)19-32-13-4-5-14-32;1-3-28-18(24)22(11-12-4-6-13(19)7-5-12)14-10-15(29-9-8-27-2)21-17(20)16(14)23(25)26;1-16(2)17(3,4)21-18(20-16)15-9-7-8-14(12-15)13-19-10-5-6-11-19/h6-12,17-18H,3-5,13-16,19-20H2,1-2H3,(H2,30,31);4-7,10H,3,8-9,11H2,1-2H3,(H2,20,21);7-9,12H,5-6,10-11,13H2,1-4H3. The van der Waals surface area contributed by atoms with E-state index in [1.54, 1.807) is 13.8 Å². The Morgan fingerprint density at radius 2 is 1.02 bits per heavy atom. The molecule has 0 radical (unpaired) electrons. The molecule has 9 rings (SSSR count). The van der Waals surface area contributed by atoms with E-state index < -0.39 is 33.4 Å². The van der Waals surface area contributed by atoms with Crippen LogP contribution in [0.3, 0.4) is 0 Å². The van der Waals surface area contributed by atoms with Crippen molar-refractivity contribution in [1.29, 1.82) is 0 Å². The molecular formula is C64H82BIN10O14. The van der Waals surface area contributed by atoms with Gasteiger partial charge in [0.1, 0.15) is 24.6 Å². The first-order valence-electron chi connectivity index (χ1n) is 30.0. The van der Waals surface area contributed by atoms with Crippen molar-refractivity contribution >= 4 is 81.7 Å². The largest absolute Gasteiger partial charge is 0.494 e. The first-order valence-corrected chi connectivity index (χ1v) is 31.1. The lowest BCUT2D eigenvalue weighted by Gasteiger charge is -2.32. The van der Waals surface area contributed by atoms with Crippen LogP contribution in [0.15, 0.2) is 109 Å². The third-order valence-corrected chi connectivity index (χ3v) is 16.2. The number of rotatable bonds is 24. The molecule has 0 aliphatic carbocycles. The van der Waals surface area contributed by atoms with Gasteiger partial charge in [-0.15, -0.1) is 0 Å². The molecule has 3 aliphatic heterocycles. The molecule has 482 valence electrons. The number of benzene rings is 4. The number of halogens is 1. The predicted molar refractivity (Wildman–Crippen MR) is 354 cm³/mol. The number of pyridine rings is 2. The molecule has 0 bridgehead atoms. The second-order valence-corrected chi connectivity index (χ2v) is 23.8. The van der Waals surface area contributed by atoms with E-state index >= 15 is 0 Å². The zero-order valence-corrected chi connectivity index (χ0v) is 54.7. The third kappa shape index (κ3) is 19.4. The lowest BCUT2D eigenvalue weighted by molar-refractivity contribution is -0.383. The van der Waals surface area contributed by atoms with E-state index in [1.807, 2.05) is 48.5 Å². The zero-order chi connectivity index (χ0) is 65.0. The first kappa shape index (κ1) is 69.7. The maximum absolute atomic E-state index is 13.0. The molecule has 0 spiro atoms.